The van der Waals surface area contributed by atoms with Crippen LogP contribution >= 0.6 is 11.8 Å². The minimum atomic E-state index is -3.85. The van der Waals surface area contributed by atoms with Gasteiger partial charge in [-0.2, -0.15) is 0 Å². The normalized spacial score (nSPS) is 18.0. The Morgan fingerprint density at radius 2 is 1.89 bits per heavy atom. The molecule has 1 saturated heterocycles. The fourth-order valence-electron chi connectivity index (χ4n) is 3.35. The molecule has 28 heavy (non-hydrogen) atoms. The Hall–Kier alpha value is -2.17. The van der Waals surface area contributed by atoms with Gasteiger partial charge in [-0.3, -0.25) is 19.3 Å². The van der Waals surface area contributed by atoms with Crippen LogP contribution in [0.25, 0.3) is 0 Å². The topological polar surface area (TPSA) is 127 Å². The third-order valence-electron chi connectivity index (χ3n) is 4.69. The number of anilines is 1. The summed E-state index contributed by atoms with van der Waals surface area (Å²) in [6.45, 7) is 1.17. The molecule has 0 unspecified atom stereocenters. The van der Waals surface area contributed by atoms with Gasteiger partial charge in [-0.15, -0.1) is 0 Å². The highest BCUT2D eigenvalue weighted by molar-refractivity contribution is 8.18. The number of sulfonamides is 1. The molecule has 0 radical (unpaired) electrons. The van der Waals surface area contributed by atoms with E-state index in [0.29, 0.717) is 16.2 Å². The Kier molecular flexibility index (Phi) is 5.92. The molecule has 0 spiro atoms. The van der Waals surface area contributed by atoms with Crippen molar-refractivity contribution in [3.05, 3.63) is 34.2 Å². The number of thioether (sulfide) groups is 1. The number of allylic oxidation sites excluding steroid dienone is 1. The van der Waals surface area contributed by atoms with Crippen LogP contribution in [0.1, 0.15) is 37.7 Å². The summed E-state index contributed by atoms with van der Waals surface area (Å²) >= 11 is 0.900. The number of carbonyl (C=O) groups is 3. The lowest BCUT2D eigenvalue weighted by Gasteiger charge is -2.16. The van der Waals surface area contributed by atoms with Gasteiger partial charge in [0, 0.05) is 5.69 Å². The van der Waals surface area contributed by atoms with Crippen LogP contribution in [0, 0.1) is 6.92 Å². The fraction of sp³-hybridized carbons (Fsp3) is 0.389. The molecule has 10 heteroatoms. The van der Waals surface area contributed by atoms with Gasteiger partial charge in [-0.25, -0.2) is 13.6 Å². The average molecular weight is 424 g/mol. The predicted molar refractivity (Wildman–Crippen MR) is 106 cm³/mol. The Morgan fingerprint density at radius 3 is 2.50 bits per heavy atom. The van der Waals surface area contributed by atoms with Gasteiger partial charge >= 0.3 is 0 Å². The largest absolute Gasteiger partial charge is 0.325 e. The number of hydrogen-bond donors (Lipinski definition) is 2. The maximum atomic E-state index is 12.6. The minimum Gasteiger partial charge on any atom is -0.325 e. The summed E-state index contributed by atoms with van der Waals surface area (Å²) in [5, 5.41) is 7.25. The zero-order chi connectivity index (χ0) is 20.5. The van der Waals surface area contributed by atoms with Crippen molar-refractivity contribution >= 4 is 44.5 Å². The number of rotatable bonds is 4. The van der Waals surface area contributed by atoms with Crippen LogP contribution in [-0.2, 0) is 19.6 Å². The van der Waals surface area contributed by atoms with Gasteiger partial charge in [0.2, 0.25) is 15.9 Å². The second kappa shape index (κ2) is 8.06. The molecule has 1 aromatic rings. The first kappa shape index (κ1) is 20.6. The molecule has 2 fully saturated rings. The van der Waals surface area contributed by atoms with Crippen LogP contribution in [0.2, 0.25) is 0 Å². The zero-order valence-electron chi connectivity index (χ0n) is 15.4. The van der Waals surface area contributed by atoms with Crippen LogP contribution in [-0.4, -0.2) is 36.9 Å². The van der Waals surface area contributed by atoms with Crippen molar-refractivity contribution in [1.29, 1.82) is 0 Å². The quantitative estimate of drug-likeness (QED) is 0.717. The van der Waals surface area contributed by atoms with Crippen LogP contribution in [0.5, 0.6) is 0 Å². The third kappa shape index (κ3) is 4.45. The molecule has 1 aliphatic heterocycles. The SMILES string of the molecule is Cc1cc(NC(=O)CN2C(=O)SC(=C3CCCCC3)C2=O)ccc1S(N)(=O)=O. The van der Waals surface area contributed by atoms with Gasteiger partial charge in [0.05, 0.1) is 9.80 Å². The molecule has 1 heterocycles. The molecule has 0 bridgehead atoms. The monoisotopic (exact) mass is 423 g/mol. The number of imide groups is 1. The molecule has 150 valence electrons. The lowest BCUT2D eigenvalue weighted by Crippen LogP contribution is -2.36. The number of carbonyl (C=O) groups excluding carboxylic acids is 3. The molecule has 1 aliphatic carbocycles. The van der Waals surface area contributed by atoms with E-state index in [1.54, 1.807) is 6.92 Å². The highest BCUT2D eigenvalue weighted by Crippen LogP contribution is 2.38. The van der Waals surface area contributed by atoms with E-state index in [-0.39, 0.29) is 4.90 Å². The first-order chi connectivity index (χ1) is 13.2. The zero-order valence-corrected chi connectivity index (χ0v) is 17.0. The van der Waals surface area contributed by atoms with Crippen molar-refractivity contribution in [2.24, 2.45) is 5.14 Å². The number of aryl methyl sites for hydroxylation is 1. The number of hydrogen-bond acceptors (Lipinski definition) is 6. The molecule has 0 aromatic heterocycles. The highest BCUT2D eigenvalue weighted by atomic mass is 32.2. The lowest BCUT2D eigenvalue weighted by molar-refractivity contribution is -0.127. The molecular weight excluding hydrogens is 402 g/mol. The van der Waals surface area contributed by atoms with Crippen LogP contribution < -0.4 is 10.5 Å². The van der Waals surface area contributed by atoms with E-state index < -0.39 is 33.6 Å². The van der Waals surface area contributed by atoms with E-state index in [9.17, 15) is 22.8 Å². The van der Waals surface area contributed by atoms with E-state index in [4.69, 9.17) is 5.14 Å². The van der Waals surface area contributed by atoms with E-state index in [2.05, 4.69) is 5.32 Å². The minimum absolute atomic E-state index is 0.0319. The number of amides is 3. The molecule has 3 rings (SSSR count). The molecule has 0 atom stereocenters. The van der Waals surface area contributed by atoms with Gasteiger partial charge in [0.15, 0.2) is 0 Å². The van der Waals surface area contributed by atoms with Crippen LogP contribution in [0.15, 0.2) is 33.6 Å². The maximum absolute atomic E-state index is 12.6. The molecule has 1 saturated carbocycles. The Bertz CT molecular complexity index is 977. The van der Waals surface area contributed by atoms with Gasteiger partial charge in [0.1, 0.15) is 6.54 Å². The van der Waals surface area contributed by atoms with Gasteiger partial charge in [0.25, 0.3) is 11.1 Å². The first-order valence-electron chi connectivity index (χ1n) is 8.86. The fourth-order valence-corrected chi connectivity index (χ4v) is 5.09. The van der Waals surface area contributed by atoms with Gasteiger partial charge in [-0.05, 0) is 68.1 Å². The summed E-state index contributed by atoms with van der Waals surface area (Å²) in [4.78, 5) is 38.5. The second-order valence-corrected chi connectivity index (χ2v) is 9.32. The van der Waals surface area contributed by atoms with Crippen molar-refractivity contribution in [3.63, 3.8) is 0 Å². The summed E-state index contributed by atoms with van der Waals surface area (Å²) in [5.74, 6) is -0.956. The van der Waals surface area contributed by atoms with E-state index >= 15 is 0 Å². The second-order valence-electron chi connectivity index (χ2n) is 6.83. The Balaban J connectivity index is 1.69. The summed E-state index contributed by atoms with van der Waals surface area (Å²) in [5.41, 5.74) is 1.74. The predicted octanol–water partition coefficient (Wildman–Crippen LogP) is 2.49. The van der Waals surface area contributed by atoms with Crippen molar-refractivity contribution in [2.45, 2.75) is 43.9 Å². The number of nitrogens with one attached hydrogen (secondary N) is 1. The van der Waals surface area contributed by atoms with Crippen molar-refractivity contribution in [1.82, 2.24) is 4.90 Å². The Morgan fingerprint density at radius 1 is 1.21 bits per heavy atom. The van der Waals surface area contributed by atoms with Crippen molar-refractivity contribution < 1.29 is 22.8 Å². The highest BCUT2D eigenvalue weighted by Gasteiger charge is 2.38. The smallest absolute Gasteiger partial charge is 0.294 e. The average Bonchev–Trinajstić information content (AvgIpc) is 2.89. The molecule has 8 nitrogen and oxygen atoms in total. The van der Waals surface area contributed by atoms with Gasteiger partial charge in [-0.1, -0.05) is 12.0 Å². The molecule has 3 amide bonds. The number of nitrogens with zero attached hydrogens (tertiary/aromatic N) is 1. The molecule has 2 aliphatic rings. The molecule has 1 aromatic carbocycles. The molecule has 3 N–H and O–H groups in total. The van der Waals surface area contributed by atoms with E-state index in [0.717, 1.165) is 54.3 Å². The third-order valence-corrected chi connectivity index (χ3v) is 6.83. The Labute approximate surface area is 167 Å². The maximum Gasteiger partial charge on any atom is 0.294 e. The summed E-state index contributed by atoms with van der Waals surface area (Å²) < 4.78 is 22.9. The van der Waals surface area contributed by atoms with Crippen molar-refractivity contribution in [2.75, 3.05) is 11.9 Å². The van der Waals surface area contributed by atoms with Crippen molar-refractivity contribution in [3.8, 4) is 0 Å². The van der Waals surface area contributed by atoms with E-state index in [1.807, 2.05) is 0 Å². The summed E-state index contributed by atoms with van der Waals surface area (Å²) in [7, 11) is -3.85. The van der Waals surface area contributed by atoms with Crippen LogP contribution in [0.3, 0.4) is 0 Å². The summed E-state index contributed by atoms with van der Waals surface area (Å²) in [6, 6.07) is 4.17. The first-order valence-corrected chi connectivity index (χ1v) is 11.2. The number of nitrogens with two attached hydrogens (primary N) is 1. The number of benzene rings is 1. The standard InChI is InChI=1S/C18H21N3O5S2/c1-11-9-13(7-8-14(11)28(19,25)26)20-15(22)10-21-17(23)16(27-18(21)24)12-5-3-2-4-6-12/h7-9H,2-6,10H2,1H3,(H,20,22)(H2,19,25,26). The molecular formula is C18H21N3O5S2. The summed E-state index contributed by atoms with van der Waals surface area (Å²) in [6.07, 6.45) is 4.78. The lowest BCUT2D eigenvalue weighted by atomic mass is 9.94. The van der Waals surface area contributed by atoms with E-state index in [1.165, 1.54) is 18.2 Å². The van der Waals surface area contributed by atoms with Gasteiger partial charge < -0.3 is 5.32 Å². The van der Waals surface area contributed by atoms with Crippen LogP contribution in [0.4, 0.5) is 10.5 Å². The number of primary sulfonamides is 1.